The van der Waals surface area contributed by atoms with E-state index < -0.39 is 12.1 Å². The van der Waals surface area contributed by atoms with Crippen LogP contribution in [0, 0.1) is 5.92 Å². The highest BCUT2D eigenvalue weighted by atomic mass is 35.5. The molecule has 0 aliphatic carbocycles. The van der Waals surface area contributed by atoms with Crippen molar-refractivity contribution in [2.45, 2.75) is 20.0 Å². The van der Waals surface area contributed by atoms with Crippen molar-refractivity contribution in [1.82, 2.24) is 0 Å². The summed E-state index contributed by atoms with van der Waals surface area (Å²) in [5, 5.41) is 9.44. The average Bonchev–Trinajstić information content (AvgIpc) is 2.13. The van der Waals surface area contributed by atoms with Gasteiger partial charge in [-0.25, -0.2) is 4.79 Å². The molecule has 0 radical (unpaired) electrons. The number of ether oxygens (including phenoxy) is 1. The first kappa shape index (κ1) is 11.9. The van der Waals surface area contributed by atoms with Gasteiger partial charge in [0.15, 0.2) is 6.10 Å². The molecule has 4 heteroatoms. The van der Waals surface area contributed by atoms with Gasteiger partial charge >= 0.3 is 5.97 Å². The first-order valence-electron chi connectivity index (χ1n) is 4.65. The Hall–Kier alpha value is -1.22. The summed E-state index contributed by atoms with van der Waals surface area (Å²) in [4.78, 5) is 10.9. The number of carboxylic acids is 1. The maximum absolute atomic E-state index is 10.9. The number of benzene rings is 1. The number of rotatable bonds is 4. The highest BCUT2D eigenvalue weighted by Crippen LogP contribution is 2.20. The van der Waals surface area contributed by atoms with Gasteiger partial charge in [-0.05, 0) is 18.2 Å². The van der Waals surface area contributed by atoms with E-state index in [-0.39, 0.29) is 5.92 Å². The molecule has 0 bridgehead atoms. The SMILES string of the molecule is CC(C)C(Oc1cccc(Cl)c1)C(=O)O. The predicted octanol–water partition coefficient (Wildman–Crippen LogP) is 2.83. The van der Waals surface area contributed by atoms with E-state index in [1.807, 2.05) is 0 Å². The fraction of sp³-hybridized carbons (Fsp3) is 0.364. The third-order valence-electron chi connectivity index (χ3n) is 1.91. The minimum atomic E-state index is -0.968. The van der Waals surface area contributed by atoms with Gasteiger partial charge in [0.1, 0.15) is 5.75 Å². The van der Waals surface area contributed by atoms with Gasteiger partial charge in [0.2, 0.25) is 0 Å². The lowest BCUT2D eigenvalue weighted by Crippen LogP contribution is -2.32. The highest BCUT2D eigenvalue weighted by molar-refractivity contribution is 6.30. The minimum absolute atomic E-state index is 0.0959. The quantitative estimate of drug-likeness (QED) is 0.862. The summed E-state index contributed by atoms with van der Waals surface area (Å²) in [5.41, 5.74) is 0. The van der Waals surface area contributed by atoms with Crippen molar-refractivity contribution in [3.05, 3.63) is 29.3 Å². The molecule has 0 heterocycles. The highest BCUT2D eigenvalue weighted by Gasteiger charge is 2.23. The topological polar surface area (TPSA) is 46.5 Å². The normalized spacial score (nSPS) is 12.5. The molecule has 0 aliphatic rings. The number of hydrogen-bond donors (Lipinski definition) is 1. The van der Waals surface area contributed by atoms with E-state index in [1.54, 1.807) is 38.1 Å². The van der Waals surface area contributed by atoms with Crippen LogP contribution in [-0.4, -0.2) is 17.2 Å². The number of carbonyl (C=O) groups is 1. The second kappa shape index (κ2) is 5.03. The third-order valence-corrected chi connectivity index (χ3v) is 2.14. The van der Waals surface area contributed by atoms with Crippen LogP contribution in [-0.2, 0) is 4.79 Å². The molecule has 0 saturated heterocycles. The van der Waals surface area contributed by atoms with Gasteiger partial charge in [0.25, 0.3) is 0 Å². The molecule has 1 aromatic carbocycles. The molecule has 1 atom stereocenters. The van der Waals surface area contributed by atoms with Crippen molar-refractivity contribution < 1.29 is 14.6 Å². The van der Waals surface area contributed by atoms with Gasteiger partial charge in [-0.3, -0.25) is 0 Å². The minimum Gasteiger partial charge on any atom is -0.478 e. The van der Waals surface area contributed by atoms with Crippen LogP contribution in [0.3, 0.4) is 0 Å². The first-order chi connectivity index (χ1) is 7.00. The Kier molecular flexibility index (Phi) is 3.97. The zero-order valence-electron chi connectivity index (χ0n) is 8.61. The van der Waals surface area contributed by atoms with E-state index >= 15 is 0 Å². The summed E-state index contributed by atoms with van der Waals surface area (Å²) in [6.45, 7) is 3.59. The van der Waals surface area contributed by atoms with Gasteiger partial charge in [-0.15, -0.1) is 0 Å². The molecule has 82 valence electrons. The van der Waals surface area contributed by atoms with Gasteiger partial charge in [0.05, 0.1) is 0 Å². The predicted molar refractivity (Wildman–Crippen MR) is 58.3 cm³/mol. The van der Waals surface area contributed by atoms with E-state index in [0.717, 1.165) is 0 Å². The fourth-order valence-corrected chi connectivity index (χ4v) is 1.34. The summed E-state index contributed by atoms with van der Waals surface area (Å²) in [5.74, 6) is -0.588. The maximum Gasteiger partial charge on any atom is 0.345 e. The molecule has 1 aromatic rings. The molecule has 0 amide bonds. The van der Waals surface area contributed by atoms with Crippen LogP contribution in [0.25, 0.3) is 0 Å². The van der Waals surface area contributed by atoms with Crippen molar-refractivity contribution in [3.8, 4) is 5.75 Å². The third kappa shape index (κ3) is 3.44. The molecule has 15 heavy (non-hydrogen) atoms. The lowest BCUT2D eigenvalue weighted by Gasteiger charge is -2.18. The van der Waals surface area contributed by atoms with Gasteiger partial charge in [0, 0.05) is 10.9 Å². The fourth-order valence-electron chi connectivity index (χ4n) is 1.16. The van der Waals surface area contributed by atoms with E-state index in [0.29, 0.717) is 10.8 Å². The Morgan fingerprint density at radius 1 is 1.47 bits per heavy atom. The van der Waals surface area contributed by atoms with E-state index in [1.165, 1.54) is 0 Å². The Morgan fingerprint density at radius 2 is 2.13 bits per heavy atom. The first-order valence-corrected chi connectivity index (χ1v) is 5.03. The van der Waals surface area contributed by atoms with E-state index in [2.05, 4.69) is 0 Å². The second-order valence-electron chi connectivity index (χ2n) is 3.58. The zero-order chi connectivity index (χ0) is 11.4. The standard InChI is InChI=1S/C11H13ClO3/c1-7(2)10(11(13)14)15-9-5-3-4-8(12)6-9/h3-7,10H,1-2H3,(H,13,14). The van der Waals surface area contributed by atoms with Crippen molar-refractivity contribution in [2.75, 3.05) is 0 Å². The van der Waals surface area contributed by atoms with Crippen LogP contribution in [0.15, 0.2) is 24.3 Å². The Morgan fingerprint density at radius 3 is 2.60 bits per heavy atom. The Labute approximate surface area is 93.6 Å². The number of carboxylic acid groups (broad SMARTS) is 1. The van der Waals surface area contributed by atoms with Crippen LogP contribution < -0.4 is 4.74 Å². The Balaban J connectivity index is 2.79. The zero-order valence-corrected chi connectivity index (χ0v) is 9.36. The van der Waals surface area contributed by atoms with Gasteiger partial charge < -0.3 is 9.84 Å². The largest absolute Gasteiger partial charge is 0.478 e. The molecule has 1 N–H and O–H groups in total. The van der Waals surface area contributed by atoms with Crippen LogP contribution in [0.5, 0.6) is 5.75 Å². The number of halogens is 1. The van der Waals surface area contributed by atoms with E-state index in [4.69, 9.17) is 21.4 Å². The monoisotopic (exact) mass is 228 g/mol. The number of hydrogen-bond acceptors (Lipinski definition) is 2. The summed E-state index contributed by atoms with van der Waals surface area (Å²) in [6, 6.07) is 6.71. The van der Waals surface area contributed by atoms with Crippen molar-refractivity contribution in [2.24, 2.45) is 5.92 Å². The molecule has 0 aromatic heterocycles. The lowest BCUT2D eigenvalue weighted by atomic mass is 10.1. The van der Waals surface area contributed by atoms with Gasteiger partial charge in [-0.2, -0.15) is 0 Å². The van der Waals surface area contributed by atoms with Crippen molar-refractivity contribution in [1.29, 1.82) is 0 Å². The lowest BCUT2D eigenvalue weighted by molar-refractivity contribution is -0.147. The van der Waals surface area contributed by atoms with Crippen molar-refractivity contribution >= 4 is 17.6 Å². The maximum atomic E-state index is 10.9. The summed E-state index contributed by atoms with van der Waals surface area (Å²) < 4.78 is 5.33. The van der Waals surface area contributed by atoms with Crippen molar-refractivity contribution in [3.63, 3.8) is 0 Å². The smallest absolute Gasteiger partial charge is 0.345 e. The van der Waals surface area contributed by atoms with E-state index in [9.17, 15) is 4.79 Å². The van der Waals surface area contributed by atoms with Crippen LogP contribution in [0.4, 0.5) is 0 Å². The van der Waals surface area contributed by atoms with Gasteiger partial charge in [-0.1, -0.05) is 31.5 Å². The van der Waals surface area contributed by atoms with Crippen LogP contribution in [0.1, 0.15) is 13.8 Å². The summed E-state index contributed by atoms with van der Waals surface area (Å²) in [7, 11) is 0. The average molecular weight is 229 g/mol. The Bertz CT molecular complexity index is 349. The molecule has 0 aliphatic heterocycles. The summed E-state index contributed by atoms with van der Waals surface area (Å²) >= 11 is 5.76. The molecule has 0 fully saturated rings. The second-order valence-corrected chi connectivity index (χ2v) is 4.01. The van der Waals surface area contributed by atoms with Crippen LogP contribution in [0.2, 0.25) is 5.02 Å². The summed E-state index contributed by atoms with van der Waals surface area (Å²) in [6.07, 6.45) is -0.844. The molecular weight excluding hydrogens is 216 g/mol. The molecule has 1 rings (SSSR count). The molecule has 3 nitrogen and oxygen atoms in total. The molecular formula is C11H13ClO3. The van der Waals surface area contributed by atoms with Crippen LogP contribution >= 0.6 is 11.6 Å². The molecule has 0 spiro atoms. The number of aliphatic carboxylic acids is 1. The molecule has 0 saturated carbocycles. The molecule has 1 unspecified atom stereocenters.